The summed E-state index contributed by atoms with van der Waals surface area (Å²) in [6.45, 7) is -1.64. The van der Waals surface area contributed by atoms with E-state index in [1.807, 2.05) is 0 Å². The number of alkyl halides is 3. The van der Waals surface area contributed by atoms with Gasteiger partial charge in [0.25, 0.3) is 0 Å². The predicted molar refractivity (Wildman–Crippen MR) is 32.7 cm³/mol. The summed E-state index contributed by atoms with van der Waals surface area (Å²) in [6.07, 6.45) is -4.35. The zero-order valence-electron chi connectivity index (χ0n) is 5.98. The number of carbonyl (C=O) groups excluding carboxylic acids is 1. The number of likely N-dealkylation sites (N-methyl/N-ethyl adjacent to an activating group) is 1. The highest BCUT2D eigenvalue weighted by atomic mass is 19.4. The van der Waals surface area contributed by atoms with Crippen LogP contribution in [-0.4, -0.2) is 37.1 Å². The highest BCUT2D eigenvalue weighted by Gasteiger charge is 2.30. The summed E-state index contributed by atoms with van der Waals surface area (Å²) in [4.78, 5) is 11.0. The Labute approximate surface area is 62.0 Å². The van der Waals surface area contributed by atoms with Crippen LogP contribution in [0.3, 0.4) is 0 Å². The van der Waals surface area contributed by atoms with Gasteiger partial charge in [-0.2, -0.15) is 13.2 Å². The van der Waals surface area contributed by atoms with Gasteiger partial charge in [-0.05, 0) is 0 Å². The predicted octanol–water partition coefficient (Wildman–Crippen LogP) is -0.0342. The van der Waals surface area contributed by atoms with Crippen molar-refractivity contribution in [2.24, 2.45) is 5.73 Å². The van der Waals surface area contributed by atoms with Gasteiger partial charge in [-0.1, -0.05) is 0 Å². The maximum Gasteiger partial charge on any atom is 0.406 e. The lowest BCUT2D eigenvalue weighted by molar-refractivity contribution is -0.157. The lowest BCUT2D eigenvalue weighted by Gasteiger charge is -2.17. The van der Waals surface area contributed by atoms with Gasteiger partial charge in [0.2, 0.25) is 5.91 Å². The molecule has 0 saturated carbocycles. The maximum absolute atomic E-state index is 11.6. The van der Waals surface area contributed by atoms with Gasteiger partial charge in [0.1, 0.15) is 6.54 Å². The molecule has 66 valence electrons. The molecule has 0 spiro atoms. The minimum atomic E-state index is -4.35. The minimum Gasteiger partial charge on any atom is -0.336 e. The van der Waals surface area contributed by atoms with Gasteiger partial charge in [0.05, 0.1) is 6.54 Å². The molecular weight excluding hydrogens is 161 g/mol. The molecule has 1 amide bonds. The highest BCUT2D eigenvalue weighted by molar-refractivity contribution is 5.77. The van der Waals surface area contributed by atoms with E-state index in [0.29, 0.717) is 4.90 Å². The fraction of sp³-hybridized carbons (Fsp3) is 0.800. The molecule has 3 nitrogen and oxygen atoms in total. The number of carbonyl (C=O) groups is 1. The van der Waals surface area contributed by atoms with E-state index < -0.39 is 25.2 Å². The smallest absolute Gasteiger partial charge is 0.336 e. The second-order valence-corrected chi connectivity index (χ2v) is 2.07. The first-order valence-electron chi connectivity index (χ1n) is 2.87. The zero-order valence-corrected chi connectivity index (χ0v) is 5.98. The first-order chi connectivity index (χ1) is 4.87. The molecule has 0 aliphatic carbocycles. The van der Waals surface area contributed by atoms with Crippen LogP contribution in [0.2, 0.25) is 0 Å². The lowest BCUT2D eigenvalue weighted by Crippen LogP contribution is -2.39. The second kappa shape index (κ2) is 3.56. The molecule has 0 fully saturated rings. The first-order valence-corrected chi connectivity index (χ1v) is 2.87. The number of amides is 1. The molecule has 0 atom stereocenters. The Morgan fingerprint density at radius 2 is 2.00 bits per heavy atom. The van der Waals surface area contributed by atoms with Crippen LogP contribution in [0.5, 0.6) is 0 Å². The van der Waals surface area contributed by atoms with Gasteiger partial charge >= 0.3 is 6.18 Å². The molecule has 0 saturated heterocycles. The van der Waals surface area contributed by atoms with E-state index in [9.17, 15) is 18.0 Å². The van der Waals surface area contributed by atoms with Gasteiger partial charge in [-0.3, -0.25) is 4.79 Å². The van der Waals surface area contributed by atoms with E-state index in [1.165, 1.54) is 0 Å². The first kappa shape index (κ1) is 10.2. The molecule has 6 heteroatoms. The summed E-state index contributed by atoms with van der Waals surface area (Å²) in [5.74, 6) is -0.720. The van der Waals surface area contributed by atoms with Gasteiger partial charge < -0.3 is 10.6 Å². The molecule has 0 rings (SSSR count). The molecular formula is C5H9F3N2O. The van der Waals surface area contributed by atoms with Crippen LogP contribution in [-0.2, 0) is 4.79 Å². The van der Waals surface area contributed by atoms with Gasteiger partial charge in [0, 0.05) is 7.05 Å². The number of hydrogen-bond acceptors (Lipinski definition) is 2. The Morgan fingerprint density at radius 3 is 2.27 bits per heavy atom. The quantitative estimate of drug-likeness (QED) is 0.632. The standard InChI is InChI=1S/C5H9F3N2O/c1-10(4(11)2-9)3-5(6,7)8/h2-3,9H2,1H3. The van der Waals surface area contributed by atoms with E-state index in [2.05, 4.69) is 0 Å². The summed E-state index contributed by atoms with van der Waals surface area (Å²) in [6, 6.07) is 0. The van der Waals surface area contributed by atoms with Crippen molar-refractivity contribution in [3.63, 3.8) is 0 Å². The van der Waals surface area contributed by atoms with E-state index >= 15 is 0 Å². The summed E-state index contributed by atoms with van der Waals surface area (Å²) in [5.41, 5.74) is 4.83. The van der Waals surface area contributed by atoms with E-state index in [-0.39, 0.29) is 0 Å². The van der Waals surface area contributed by atoms with E-state index in [4.69, 9.17) is 5.73 Å². The van der Waals surface area contributed by atoms with Crippen LogP contribution in [0.4, 0.5) is 13.2 Å². The Kier molecular flexibility index (Phi) is 3.31. The summed E-state index contributed by atoms with van der Waals surface area (Å²) in [7, 11) is 1.06. The van der Waals surface area contributed by atoms with Crippen molar-refractivity contribution in [2.75, 3.05) is 20.1 Å². The Balaban J connectivity index is 3.87. The third kappa shape index (κ3) is 4.60. The lowest BCUT2D eigenvalue weighted by atomic mass is 10.5. The summed E-state index contributed by atoms with van der Waals surface area (Å²) in [5, 5.41) is 0. The molecule has 0 heterocycles. The summed E-state index contributed by atoms with van der Waals surface area (Å²) >= 11 is 0. The molecule has 0 aromatic carbocycles. The van der Waals surface area contributed by atoms with E-state index in [1.54, 1.807) is 0 Å². The SMILES string of the molecule is CN(CC(F)(F)F)C(=O)CN. The van der Waals surface area contributed by atoms with Crippen LogP contribution >= 0.6 is 0 Å². The molecule has 0 radical (unpaired) electrons. The third-order valence-electron chi connectivity index (χ3n) is 1.02. The van der Waals surface area contributed by atoms with Crippen molar-refractivity contribution in [1.82, 2.24) is 4.90 Å². The fourth-order valence-corrected chi connectivity index (χ4v) is 0.513. The average molecular weight is 170 g/mol. The topological polar surface area (TPSA) is 46.3 Å². The molecule has 0 aliphatic heterocycles. The van der Waals surface area contributed by atoms with Crippen LogP contribution in [0, 0.1) is 0 Å². The molecule has 0 aliphatic rings. The maximum atomic E-state index is 11.6. The highest BCUT2D eigenvalue weighted by Crippen LogP contribution is 2.15. The summed E-state index contributed by atoms with van der Waals surface area (Å²) < 4.78 is 34.7. The Bertz CT molecular complexity index is 145. The number of nitrogens with two attached hydrogens (primary N) is 1. The average Bonchev–Trinajstić information content (AvgIpc) is 1.82. The van der Waals surface area contributed by atoms with Crippen molar-refractivity contribution in [3.05, 3.63) is 0 Å². The normalized spacial score (nSPS) is 11.4. The van der Waals surface area contributed by atoms with Crippen LogP contribution in [0.25, 0.3) is 0 Å². The van der Waals surface area contributed by atoms with E-state index in [0.717, 1.165) is 7.05 Å². The largest absolute Gasteiger partial charge is 0.406 e. The third-order valence-corrected chi connectivity index (χ3v) is 1.02. The van der Waals surface area contributed by atoms with Crippen molar-refractivity contribution >= 4 is 5.91 Å². The van der Waals surface area contributed by atoms with Gasteiger partial charge in [-0.25, -0.2) is 0 Å². The molecule has 2 N–H and O–H groups in total. The Hall–Kier alpha value is -0.780. The Morgan fingerprint density at radius 1 is 1.55 bits per heavy atom. The molecule has 0 unspecified atom stereocenters. The molecule has 0 bridgehead atoms. The monoisotopic (exact) mass is 170 g/mol. The molecule has 0 aromatic rings. The van der Waals surface area contributed by atoms with Crippen molar-refractivity contribution in [3.8, 4) is 0 Å². The number of nitrogens with zero attached hydrogens (tertiary/aromatic N) is 1. The number of halogens is 3. The minimum absolute atomic E-state index is 0.396. The van der Waals surface area contributed by atoms with Crippen LogP contribution < -0.4 is 5.73 Å². The van der Waals surface area contributed by atoms with Crippen molar-refractivity contribution < 1.29 is 18.0 Å². The number of hydrogen-bond donors (Lipinski definition) is 1. The number of rotatable bonds is 2. The molecule has 11 heavy (non-hydrogen) atoms. The van der Waals surface area contributed by atoms with Crippen molar-refractivity contribution in [2.45, 2.75) is 6.18 Å². The van der Waals surface area contributed by atoms with Crippen LogP contribution in [0.15, 0.2) is 0 Å². The second-order valence-electron chi connectivity index (χ2n) is 2.07. The van der Waals surface area contributed by atoms with Crippen molar-refractivity contribution in [1.29, 1.82) is 0 Å². The molecule has 0 aromatic heterocycles. The van der Waals surface area contributed by atoms with Crippen LogP contribution in [0.1, 0.15) is 0 Å². The zero-order chi connectivity index (χ0) is 9.07. The fourth-order valence-electron chi connectivity index (χ4n) is 0.513. The van der Waals surface area contributed by atoms with Gasteiger partial charge in [0.15, 0.2) is 0 Å². The van der Waals surface area contributed by atoms with Gasteiger partial charge in [-0.15, -0.1) is 0 Å².